The number of amides is 2. The highest BCUT2D eigenvalue weighted by Crippen LogP contribution is 2.29. The van der Waals surface area contributed by atoms with E-state index in [1.54, 1.807) is 68.4 Å². The number of sulfonamides is 1. The average molecular weight is 591 g/mol. The summed E-state index contributed by atoms with van der Waals surface area (Å²) in [7, 11) is -4.16. The quantitative estimate of drug-likeness (QED) is 0.269. The molecular formula is C29H33Cl2N3O4S. The largest absolute Gasteiger partial charge is 0.354 e. The van der Waals surface area contributed by atoms with Crippen molar-refractivity contribution in [1.82, 2.24) is 10.2 Å². The minimum atomic E-state index is -4.16. The molecule has 0 aliphatic rings. The van der Waals surface area contributed by atoms with Crippen LogP contribution in [0.1, 0.15) is 37.8 Å². The lowest BCUT2D eigenvalue weighted by molar-refractivity contribution is -0.139. The number of nitrogens with zero attached hydrogens (tertiary/aromatic N) is 2. The third-order valence-corrected chi connectivity index (χ3v) is 8.91. The lowest BCUT2D eigenvalue weighted by Gasteiger charge is -2.32. The number of halogens is 2. The number of carbonyl (C=O) groups is 2. The lowest BCUT2D eigenvalue weighted by Crippen LogP contribution is -2.51. The van der Waals surface area contributed by atoms with Crippen molar-refractivity contribution < 1.29 is 18.0 Å². The summed E-state index contributed by atoms with van der Waals surface area (Å²) in [6, 6.07) is 18.8. The van der Waals surface area contributed by atoms with Crippen LogP contribution in [0.15, 0.2) is 77.7 Å². The van der Waals surface area contributed by atoms with Gasteiger partial charge in [-0.2, -0.15) is 0 Å². The predicted molar refractivity (Wildman–Crippen MR) is 157 cm³/mol. The maximum atomic E-state index is 13.9. The first-order valence-electron chi connectivity index (χ1n) is 12.7. The number of aryl methyl sites for hydroxylation is 1. The van der Waals surface area contributed by atoms with Gasteiger partial charge in [0.15, 0.2) is 0 Å². The molecule has 208 valence electrons. The van der Waals surface area contributed by atoms with E-state index in [4.69, 9.17) is 23.2 Å². The van der Waals surface area contributed by atoms with Gasteiger partial charge in [-0.3, -0.25) is 13.9 Å². The maximum absolute atomic E-state index is 13.9. The summed E-state index contributed by atoms with van der Waals surface area (Å²) >= 11 is 12.7. The molecule has 1 N–H and O–H groups in total. The third-order valence-electron chi connectivity index (χ3n) is 6.35. The Bertz CT molecular complexity index is 1400. The van der Waals surface area contributed by atoms with Gasteiger partial charge >= 0.3 is 0 Å². The van der Waals surface area contributed by atoms with Gasteiger partial charge in [-0.1, -0.05) is 79.0 Å². The van der Waals surface area contributed by atoms with E-state index in [-0.39, 0.29) is 23.0 Å². The molecule has 0 spiro atoms. The molecule has 0 radical (unpaired) electrons. The molecule has 10 heteroatoms. The van der Waals surface area contributed by atoms with Crippen molar-refractivity contribution in [1.29, 1.82) is 0 Å². The summed E-state index contributed by atoms with van der Waals surface area (Å²) < 4.78 is 28.6. The van der Waals surface area contributed by atoms with Crippen LogP contribution in [0.5, 0.6) is 0 Å². The zero-order chi connectivity index (χ0) is 28.6. The van der Waals surface area contributed by atoms with Crippen LogP contribution in [0, 0.1) is 6.92 Å². The Balaban J connectivity index is 2.02. The van der Waals surface area contributed by atoms with Crippen molar-refractivity contribution in [2.75, 3.05) is 17.4 Å². The van der Waals surface area contributed by atoms with Gasteiger partial charge in [0.1, 0.15) is 12.6 Å². The van der Waals surface area contributed by atoms with Gasteiger partial charge in [-0.25, -0.2) is 8.42 Å². The fourth-order valence-corrected chi connectivity index (χ4v) is 5.71. The van der Waals surface area contributed by atoms with E-state index in [0.717, 1.165) is 22.7 Å². The van der Waals surface area contributed by atoms with E-state index in [2.05, 4.69) is 5.32 Å². The number of hydrogen-bond acceptors (Lipinski definition) is 4. The van der Waals surface area contributed by atoms with Crippen molar-refractivity contribution in [2.45, 2.75) is 51.1 Å². The summed E-state index contributed by atoms with van der Waals surface area (Å²) in [4.78, 5) is 28.3. The molecule has 3 rings (SSSR count). The number of nitrogens with one attached hydrogen (secondary N) is 1. The number of anilines is 1. The van der Waals surface area contributed by atoms with E-state index >= 15 is 0 Å². The van der Waals surface area contributed by atoms with E-state index < -0.39 is 28.5 Å². The summed E-state index contributed by atoms with van der Waals surface area (Å²) in [5.41, 5.74) is 1.64. The molecule has 1 atom stereocenters. The third kappa shape index (κ3) is 7.75. The summed E-state index contributed by atoms with van der Waals surface area (Å²) in [5.74, 6) is -0.899. The van der Waals surface area contributed by atoms with Crippen molar-refractivity contribution >= 4 is 50.7 Å². The monoisotopic (exact) mass is 589 g/mol. The SMILES string of the molecule is CCCCNC(=O)[C@@H](C)N(Cc1ccccc1Cl)C(=O)CN(c1ccc(C)c(Cl)c1)S(=O)(=O)c1ccccc1. The molecule has 0 aromatic heterocycles. The first kappa shape index (κ1) is 30.5. The summed E-state index contributed by atoms with van der Waals surface area (Å²) in [6.45, 7) is 5.39. The average Bonchev–Trinajstić information content (AvgIpc) is 2.92. The number of benzene rings is 3. The Morgan fingerprint density at radius 2 is 1.62 bits per heavy atom. The van der Waals surface area contributed by atoms with Crippen LogP contribution in [-0.2, 0) is 26.2 Å². The van der Waals surface area contributed by atoms with E-state index in [1.807, 2.05) is 6.92 Å². The van der Waals surface area contributed by atoms with Crippen LogP contribution in [0.2, 0.25) is 10.0 Å². The molecule has 2 amide bonds. The van der Waals surface area contributed by atoms with Gasteiger partial charge < -0.3 is 10.2 Å². The first-order chi connectivity index (χ1) is 18.6. The molecule has 7 nitrogen and oxygen atoms in total. The zero-order valence-corrected chi connectivity index (χ0v) is 24.6. The van der Waals surface area contributed by atoms with Crippen LogP contribution in [0.25, 0.3) is 0 Å². The maximum Gasteiger partial charge on any atom is 0.264 e. The molecule has 0 bridgehead atoms. The van der Waals surface area contributed by atoms with Crippen LogP contribution >= 0.6 is 23.2 Å². The van der Waals surface area contributed by atoms with Crippen LogP contribution in [-0.4, -0.2) is 44.3 Å². The lowest BCUT2D eigenvalue weighted by atomic mass is 10.1. The molecule has 39 heavy (non-hydrogen) atoms. The Labute approximate surface area is 240 Å². The summed E-state index contributed by atoms with van der Waals surface area (Å²) in [5, 5.41) is 3.66. The Kier molecular flexibility index (Phi) is 10.8. The van der Waals surface area contributed by atoms with Gasteiger partial charge in [0, 0.05) is 23.1 Å². The molecule has 0 aliphatic heterocycles. The highest BCUT2D eigenvalue weighted by molar-refractivity contribution is 7.92. The minimum absolute atomic E-state index is 0.0226. The predicted octanol–water partition coefficient (Wildman–Crippen LogP) is 5.83. The van der Waals surface area contributed by atoms with Gasteiger partial charge in [0.25, 0.3) is 10.0 Å². The fourth-order valence-electron chi connectivity index (χ4n) is 3.91. The number of carbonyl (C=O) groups excluding carboxylic acids is 2. The number of rotatable bonds is 12. The molecule has 0 unspecified atom stereocenters. The van der Waals surface area contributed by atoms with Crippen LogP contribution in [0.4, 0.5) is 5.69 Å². The van der Waals surface area contributed by atoms with Gasteiger partial charge in [-0.15, -0.1) is 0 Å². The standard InChI is InChI=1S/C29H33Cl2N3O4S/c1-4-5-17-32-29(36)22(3)33(19-23-11-9-10-14-26(23)30)28(35)20-34(24-16-15-21(2)27(31)18-24)39(37,38)25-12-7-6-8-13-25/h6-16,18,22H,4-5,17,19-20H2,1-3H3,(H,32,36)/t22-/m1/s1. The second-order valence-electron chi connectivity index (χ2n) is 9.19. The second kappa shape index (κ2) is 13.8. The topological polar surface area (TPSA) is 86.8 Å². The first-order valence-corrected chi connectivity index (χ1v) is 14.9. The molecule has 3 aromatic rings. The minimum Gasteiger partial charge on any atom is -0.354 e. The van der Waals surface area contributed by atoms with Crippen LogP contribution in [0.3, 0.4) is 0 Å². The molecule has 0 fully saturated rings. The highest BCUT2D eigenvalue weighted by atomic mass is 35.5. The van der Waals surface area contributed by atoms with Gasteiger partial charge in [-0.05, 0) is 61.7 Å². The molecule has 0 saturated heterocycles. The van der Waals surface area contributed by atoms with Gasteiger partial charge in [0.2, 0.25) is 11.8 Å². The number of hydrogen-bond donors (Lipinski definition) is 1. The van der Waals surface area contributed by atoms with Gasteiger partial charge in [0.05, 0.1) is 10.6 Å². The van der Waals surface area contributed by atoms with Crippen LogP contribution < -0.4 is 9.62 Å². The highest BCUT2D eigenvalue weighted by Gasteiger charge is 2.32. The molecule has 0 aliphatic carbocycles. The van der Waals surface area contributed by atoms with Crippen molar-refractivity contribution in [3.05, 3.63) is 94.0 Å². The molecule has 0 saturated carbocycles. The molecule has 0 heterocycles. The van der Waals surface area contributed by atoms with E-state index in [1.165, 1.54) is 23.1 Å². The summed E-state index contributed by atoms with van der Waals surface area (Å²) in [6.07, 6.45) is 1.70. The Hall–Kier alpha value is -3.07. The zero-order valence-electron chi connectivity index (χ0n) is 22.2. The number of unbranched alkanes of at least 4 members (excludes halogenated alkanes) is 1. The van der Waals surface area contributed by atoms with E-state index in [9.17, 15) is 18.0 Å². The van der Waals surface area contributed by atoms with E-state index in [0.29, 0.717) is 22.2 Å². The molecule has 3 aromatic carbocycles. The smallest absolute Gasteiger partial charge is 0.264 e. The second-order valence-corrected chi connectivity index (χ2v) is 11.9. The van der Waals surface area contributed by atoms with Crippen molar-refractivity contribution in [3.63, 3.8) is 0 Å². The normalized spacial score (nSPS) is 12.0. The Morgan fingerprint density at radius 1 is 0.949 bits per heavy atom. The fraction of sp³-hybridized carbons (Fsp3) is 0.310. The Morgan fingerprint density at radius 3 is 2.26 bits per heavy atom. The molecular weight excluding hydrogens is 557 g/mol. The van der Waals surface area contributed by atoms with Crippen molar-refractivity contribution in [2.24, 2.45) is 0 Å². The van der Waals surface area contributed by atoms with Crippen molar-refractivity contribution in [3.8, 4) is 0 Å².